The van der Waals surface area contributed by atoms with Crippen molar-refractivity contribution < 1.29 is 19.1 Å². The zero-order valence-electron chi connectivity index (χ0n) is 20.9. The zero-order chi connectivity index (χ0) is 25.8. The smallest absolute Gasteiger partial charge is 0.359 e. The minimum Gasteiger partial charge on any atom is -0.452 e. The van der Waals surface area contributed by atoms with Gasteiger partial charge in [0.15, 0.2) is 12.3 Å². The van der Waals surface area contributed by atoms with E-state index in [9.17, 15) is 14.4 Å². The molecule has 2 aromatic heterocycles. The SMILES string of the molecule is COCC(C)n1c(C)cc(C(=O)COC(=O)c2nn(Cc3ccccc3)c(=O)c3ccccc23)c1C. The second-order valence-electron chi connectivity index (χ2n) is 8.80. The van der Waals surface area contributed by atoms with Crippen molar-refractivity contribution in [3.05, 3.63) is 99.2 Å². The van der Waals surface area contributed by atoms with Crippen LogP contribution in [0.2, 0.25) is 0 Å². The molecular formula is C28H29N3O5. The number of carbonyl (C=O) groups excluding carboxylic acids is 2. The second kappa shape index (κ2) is 10.7. The molecule has 0 aliphatic carbocycles. The van der Waals surface area contributed by atoms with Crippen LogP contribution in [0.15, 0.2) is 65.5 Å². The van der Waals surface area contributed by atoms with Gasteiger partial charge in [-0.15, -0.1) is 0 Å². The van der Waals surface area contributed by atoms with Crippen molar-refractivity contribution in [3.63, 3.8) is 0 Å². The number of hydrogen-bond donors (Lipinski definition) is 0. The second-order valence-corrected chi connectivity index (χ2v) is 8.80. The highest BCUT2D eigenvalue weighted by Crippen LogP contribution is 2.22. The van der Waals surface area contributed by atoms with Gasteiger partial charge in [0.25, 0.3) is 5.56 Å². The molecule has 0 aliphatic rings. The Labute approximate surface area is 209 Å². The van der Waals surface area contributed by atoms with Gasteiger partial charge in [-0.2, -0.15) is 5.10 Å². The summed E-state index contributed by atoms with van der Waals surface area (Å²) in [4.78, 5) is 39.1. The van der Waals surface area contributed by atoms with Gasteiger partial charge >= 0.3 is 5.97 Å². The quantitative estimate of drug-likeness (QED) is 0.261. The predicted molar refractivity (Wildman–Crippen MR) is 137 cm³/mol. The average molecular weight is 488 g/mol. The van der Waals surface area contributed by atoms with E-state index in [2.05, 4.69) is 5.10 Å². The van der Waals surface area contributed by atoms with Crippen LogP contribution in [0.5, 0.6) is 0 Å². The molecule has 0 saturated carbocycles. The molecule has 8 heteroatoms. The molecule has 186 valence electrons. The molecule has 0 radical (unpaired) electrons. The highest BCUT2D eigenvalue weighted by atomic mass is 16.5. The Balaban J connectivity index is 1.59. The lowest BCUT2D eigenvalue weighted by Gasteiger charge is -2.17. The third kappa shape index (κ3) is 4.99. The number of aryl methyl sites for hydroxylation is 1. The van der Waals surface area contributed by atoms with E-state index in [0.29, 0.717) is 22.9 Å². The average Bonchev–Trinajstić information content (AvgIpc) is 3.18. The summed E-state index contributed by atoms with van der Waals surface area (Å²) >= 11 is 0. The van der Waals surface area contributed by atoms with Crippen molar-refractivity contribution in [2.45, 2.75) is 33.4 Å². The molecule has 36 heavy (non-hydrogen) atoms. The molecule has 2 heterocycles. The molecule has 0 bridgehead atoms. The number of fused-ring (bicyclic) bond motifs is 1. The Morgan fingerprint density at radius 1 is 1.00 bits per heavy atom. The van der Waals surface area contributed by atoms with E-state index in [4.69, 9.17) is 9.47 Å². The molecule has 0 spiro atoms. The first-order valence-electron chi connectivity index (χ1n) is 11.7. The van der Waals surface area contributed by atoms with Crippen LogP contribution in [0.4, 0.5) is 0 Å². The van der Waals surface area contributed by atoms with Crippen molar-refractivity contribution >= 4 is 22.5 Å². The maximum atomic E-state index is 13.1. The molecule has 0 aliphatic heterocycles. The fourth-order valence-electron chi connectivity index (χ4n) is 4.58. The number of esters is 1. The number of ether oxygens (including phenoxy) is 2. The summed E-state index contributed by atoms with van der Waals surface area (Å²) in [6.07, 6.45) is 0. The van der Waals surface area contributed by atoms with Crippen LogP contribution in [0.3, 0.4) is 0 Å². The number of hydrogen-bond acceptors (Lipinski definition) is 6. The van der Waals surface area contributed by atoms with Gasteiger partial charge in [-0.1, -0.05) is 48.5 Å². The van der Waals surface area contributed by atoms with Crippen LogP contribution < -0.4 is 5.56 Å². The predicted octanol–water partition coefficient (Wildman–Crippen LogP) is 4.11. The van der Waals surface area contributed by atoms with Gasteiger partial charge in [0.2, 0.25) is 5.78 Å². The molecular weight excluding hydrogens is 458 g/mol. The minimum absolute atomic E-state index is 0.00637. The Morgan fingerprint density at radius 3 is 2.36 bits per heavy atom. The summed E-state index contributed by atoms with van der Waals surface area (Å²) in [5, 5.41) is 5.07. The van der Waals surface area contributed by atoms with Gasteiger partial charge < -0.3 is 14.0 Å². The Hall–Kier alpha value is -4.04. The molecule has 1 unspecified atom stereocenters. The molecule has 0 fully saturated rings. The summed E-state index contributed by atoms with van der Waals surface area (Å²) in [6, 6.07) is 18.0. The maximum absolute atomic E-state index is 13.1. The lowest BCUT2D eigenvalue weighted by Crippen LogP contribution is -2.27. The Morgan fingerprint density at radius 2 is 1.67 bits per heavy atom. The summed E-state index contributed by atoms with van der Waals surface area (Å²) in [5.41, 5.74) is 2.77. The highest BCUT2D eigenvalue weighted by molar-refractivity contribution is 6.04. The fraction of sp³-hybridized carbons (Fsp3) is 0.286. The van der Waals surface area contributed by atoms with Gasteiger partial charge in [-0.25, -0.2) is 9.48 Å². The van der Waals surface area contributed by atoms with E-state index >= 15 is 0 Å². The van der Waals surface area contributed by atoms with E-state index in [1.165, 1.54) is 4.68 Å². The third-order valence-corrected chi connectivity index (χ3v) is 6.20. The lowest BCUT2D eigenvalue weighted by molar-refractivity contribution is 0.0468. The van der Waals surface area contributed by atoms with Crippen LogP contribution in [0.1, 0.15) is 50.8 Å². The molecule has 0 amide bonds. The number of carbonyl (C=O) groups is 2. The van der Waals surface area contributed by atoms with Crippen molar-refractivity contribution in [3.8, 4) is 0 Å². The number of aromatic nitrogens is 3. The third-order valence-electron chi connectivity index (χ3n) is 6.20. The maximum Gasteiger partial charge on any atom is 0.359 e. The fourth-order valence-corrected chi connectivity index (χ4v) is 4.58. The molecule has 2 aromatic carbocycles. The summed E-state index contributed by atoms with van der Waals surface area (Å²) in [7, 11) is 1.64. The van der Waals surface area contributed by atoms with E-state index in [0.717, 1.165) is 17.0 Å². The normalized spacial score (nSPS) is 12.0. The van der Waals surface area contributed by atoms with E-state index in [-0.39, 0.29) is 29.6 Å². The molecule has 1 atom stereocenters. The standard InChI is InChI=1S/C28H29N3O5/c1-18-14-24(20(3)31(18)19(2)16-35-4)25(32)17-36-28(34)26-22-12-8-9-13-23(22)27(33)30(29-26)15-21-10-6-5-7-11-21/h5-14,19H,15-17H2,1-4H3. The lowest BCUT2D eigenvalue weighted by atomic mass is 10.1. The van der Waals surface area contributed by atoms with E-state index < -0.39 is 12.6 Å². The topological polar surface area (TPSA) is 92.4 Å². The Bertz CT molecular complexity index is 1470. The van der Waals surface area contributed by atoms with Crippen LogP contribution in [-0.4, -0.2) is 46.4 Å². The van der Waals surface area contributed by atoms with Crippen LogP contribution in [-0.2, 0) is 16.0 Å². The first-order valence-corrected chi connectivity index (χ1v) is 11.7. The molecule has 4 rings (SSSR count). The molecule has 8 nitrogen and oxygen atoms in total. The van der Waals surface area contributed by atoms with Crippen molar-refractivity contribution in [2.75, 3.05) is 20.3 Å². The van der Waals surface area contributed by atoms with Crippen molar-refractivity contribution in [1.29, 1.82) is 0 Å². The molecule has 0 saturated heterocycles. The number of benzene rings is 2. The zero-order valence-corrected chi connectivity index (χ0v) is 20.9. The van der Waals surface area contributed by atoms with Gasteiger partial charge in [0, 0.05) is 29.4 Å². The van der Waals surface area contributed by atoms with Crippen LogP contribution in [0, 0.1) is 13.8 Å². The summed E-state index contributed by atoms with van der Waals surface area (Å²) in [5.74, 6) is -1.07. The van der Waals surface area contributed by atoms with Gasteiger partial charge in [-0.05, 0) is 38.5 Å². The number of Topliss-reactive ketones (excluding diaryl/α,β-unsaturated/α-hetero) is 1. The minimum atomic E-state index is -0.761. The first kappa shape index (κ1) is 25.1. The first-order chi connectivity index (χ1) is 17.3. The Kier molecular flexibility index (Phi) is 7.45. The van der Waals surface area contributed by atoms with Gasteiger partial charge in [0.05, 0.1) is 24.6 Å². The van der Waals surface area contributed by atoms with Gasteiger partial charge in [0.1, 0.15) is 0 Å². The van der Waals surface area contributed by atoms with Crippen molar-refractivity contribution in [1.82, 2.24) is 14.3 Å². The van der Waals surface area contributed by atoms with Gasteiger partial charge in [-0.3, -0.25) is 9.59 Å². The monoisotopic (exact) mass is 487 g/mol. The summed E-state index contributed by atoms with van der Waals surface area (Å²) < 4.78 is 13.9. The van der Waals surface area contributed by atoms with E-state index in [1.54, 1.807) is 37.4 Å². The largest absolute Gasteiger partial charge is 0.452 e. The number of nitrogens with zero attached hydrogens (tertiary/aromatic N) is 3. The highest BCUT2D eigenvalue weighted by Gasteiger charge is 2.22. The number of ketones is 1. The van der Waals surface area contributed by atoms with Crippen LogP contribution >= 0.6 is 0 Å². The van der Waals surface area contributed by atoms with Crippen molar-refractivity contribution in [2.24, 2.45) is 0 Å². The van der Waals surface area contributed by atoms with E-state index in [1.807, 2.05) is 55.7 Å². The summed E-state index contributed by atoms with van der Waals surface area (Å²) in [6.45, 7) is 6.08. The molecule has 0 N–H and O–H groups in total. The molecule has 4 aromatic rings. The number of methoxy groups -OCH3 is 1. The number of rotatable bonds is 9. The van der Waals surface area contributed by atoms with Crippen LogP contribution in [0.25, 0.3) is 10.8 Å².